The number of hydrogen-bond acceptors (Lipinski definition) is 2. The van der Waals surface area contributed by atoms with E-state index >= 15 is 0 Å². The maximum atomic E-state index is 13.7. The molecule has 0 bridgehead atoms. The molecule has 0 aliphatic rings. The summed E-state index contributed by atoms with van der Waals surface area (Å²) in [5.74, 6) is -0.514. The maximum Gasteiger partial charge on any atom is 0.412 e. The van der Waals surface area contributed by atoms with Gasteiger partial charge in [-0.2, -0.15) is 13.2 Å². The molecule has 0 radical (unpaired) electrons. The fourth-order valence-corrected chi connectivity index (χ4v) is 3.43. The lowest BCUT2D eigenvalue weighted by Gasteiger charge is -2.21. The zero-order valence-corrected chi connectivity index (χ0v) is 16.2. The molecule has 1 N–H and O–H groups in total. The first-order valence-electron chi connectivity index (χ1n) is 9.00. The number of imidazole rings is 1. The number of rotatable bonds is 4. The molecule has 2 heterocycles. The van der Waals surface area contributed by atoms with E-state index in [1.807, 2.05) is 0 Å². The molecule has 4 rings (SSSR count). The minimum absolute atomic E-state index is 0.0584. The Hall–Kier alpha value is -3.32. The molecular weight excluding hydrogens is 415 g/mol. The molecule has 0 aliphatic heterocycles. The van der Waals surface area contributed by atoms with E-state index in [9.17, 15) is 18.0 Å². The molecular formula is C22H15ClF3N3O. The molecule has 4 nitrogen and oxygen atoms in total. The fraction of sp³-hybridized carbons (Fsp3) is 0.0909. The first kappa shape index (κ1) is 20.0. The summed E-state index contributed by atoms with van der Waals surface area (Å²) >= 11 is 6.06. The van der Waals surface area contributed by atoms with Crippen molar-refractivity contribution >= 4 is 23.0 Å². The molecule has 2 aromatic carbocycles. The Kier molecular flexibility index (Phi) is 5.22. The van der Waals surface area contributed by atoms with E-state index in [4.69, 9.17) is 11.6 Å². The third-order valence-corrected chi connectivity index (χ3v) is 4.82. The van der Waals surface area contributed by atoms with Gasteiger partial charge in [-0.15, -0.1) is 0 Å². The van der Waals surface area contributed by atoms with Gasteiger partial charge >= 0.3 is 6.18 Å². The van der Waals surface area contributed by atoms with Crippen LogP contribution in [0.3, 0.4) is 0 Å². The van der Waals surface area contributed by atoms with Gasteiger partial charge in [-0.25, -0.2) is 4.98 Å². The van der Waals surface area contributed by atoms with Crippen LogP contribution in [0.15, 0.2) is 79.0 Å². The first-order valence-corrected chi connectivity index (χ1v) is 9.38. The number of hydrogen-bond donors (Lipinski definition) is 1. The molecule has 4 aromatic rings. The van der Waals surface area contributed by atoms with Gasteiger partial charge in [0.05, 0.1) is 5.52 Å². The second-order valence-electron chi connectivity index (χ2n) is 6.61. The van der Waals surface area contributed by atoms with Crippen LogP contribution in [0.1, 0.15) is 22.1 Å². The smallest absolute Gasteiger partial charge is 0.335 e. The molecule has 0 aliphatic carbocycles. The number of carbonyl (C=O) groups excluding carboxylic acids is 1. The Morgan fingerprint density at radius 2 is 1.73 bits per heavy atom. The average Bonchev–Trinajstić information content (AvgIpc) is 3.11. The summed E-state index contributed by atoms with van der Waals surface area (Å²) in [6, 6.07) is 17.0. The van der Waals surface area contributed by atoms with Crippen LogP contribution >= 0.6 is 11.6 Å². The molecule has 1 atom stereocenters. The van der Waals surface area contributed by atoms with Crippen molar-refractivity contribution in [3.8, 4) is 11.4 Å². The Bertz CT molecular complexity index is 1210. The van der Waals surface area contributed by atoms with E-state index < -0.39 is 18.1 Å². The van der Waals surface area contributed by atoms with Crippen LogP contribution in [0.25, 0.3) is 16.9 Å². The van der Waals surface area contributed by atoms with Crippen LogP contribution in [0, 0.1) is 0 Å². The topological polar surface area (TPSA) is 46.4 Å². The molecule has 2 aromatic heterocycles. The van der Waals surface area contributed by atoms with E-state index in [2.05, 4.69) is 10.3 Å². The van der Waals surface area contributed by atoms with Gasteiger partial charge in [0.25, 0.3) is 5.91 Å². The highest BCUT2D eigenvalue weighted by molar-refractivity contribution is 6.30. The first-order chi connectivity index (χ1) is 14.3. The number of amides is 1. The Balaban J connectivity index is 1.77. The van der Waals surface area contributed by atoms with E-state index in [1.54, 1.807) is 59.1 Å². The summed E-state index contributed by atoms with van der Waals surface area (Å²) in [5.41, 5.74) is 0.866. The number of alkyl halides is 3. The summed E-state index contributed by atoms with van der Waals surface area (Å²) in [5, 5.41) is 2.57. The normalized spacial score (nSPS) is 12.7. The molecule has 1 amide bonds. The highest BCUT2D eigenvalue weighted by Gasteiger charge is 2.42. The van der Waals surface area contributed by atoms with Crippen molar-refractivity contribution in [3.63, 3.8) is 0 Å². The van der Waals surface area contributed by atoms with Crippen LogP contribution in [-0.2, 0) is 0 Å². The van der Waals surface area contributed by atoms with Crippen molar-refractivity contribution in [2.75, 3.05) is 0 Å². The molecule has 30 heavy (non-hydrogen) atoms. The molecule has 0 saturated heterocycles. The Labute approximate surface area is 174 Å². The molecule has 0 fully saturated rings. The number of pyridine rings is 1. The van der Waals surface area contributed by atoms with Crippen molar-refractivity contribution < 1.29 is 18.0 Å². The minimum atomic E-state index is -4.66. The summed E-state index contributed by atoms with van der Waals surface area (Å²) in [7, 11) is 0. The highest BCUT2D eigenvalue weighted by Crippen LogP contribution is 2.33. The van der Waals surface area contributed by atoms with E-state index in [0.29, 0.717) is 21.9 Å². The predicted molar refractivity (Wildman–Crippen MR) is 108 cm³/mol. The number of carbonyl (C=O) groups is 1. The summed E-state index contributed by atoms with van der Waals surface area (Å²) < 4.78 is 42.6. The van der Waals surface area contributed by atoms with Crippen molar-refractivity contribution in [2.45, 2.75) is 12.2 Å². The second-order valence-corrected chi connectivity index (χ2v) is 7.05. The second kappa shape index (κ2) is 7.84. The van der Waals surface area contributed by atoms with Crippen LogP contribution in [0.2, 0.25) is 5.02 Å². The van der Waals surface area contributed by atoms with Crippen molar-refractivity contribution in [1.82, 2.24) is 14.7 Å². The van der Waals surface area contributed by atoms with E-state index in [-0.39, 0.29) is 11.3 Å². The maximum absolute atomic E-state index is 13.7. The van der Waals surface area contributed by atoms with Crippen molar-refractivity contribution in [2.24, 2.45) is 0 Å². The van der Waals surface area contributed by atoms with Crippen LogP contribution in [-0.4, -0.2) is 21.5 Å². The predicted octanol–water partition coefficient (Wildman–Crippen LogP) is 5.69. The quantitative estimate of drug-likeness (QED) is 0.453. The van der Waals surface area contributed by atoms with Crippen LogP contribution in [0.4, 0.5) is 13.2 Å². The van der Waals surface area contributed by atoms with Crippen LogP contribution < -0.4 is 5.32 Å². The Morgan fingerprint density at radius 1 is 1.00 bits per heavy atom. The third-order valence-electron chi connectivity index (χ3n) is 4.58. The summed E-state index contributed by atoms with van der Waals surface area (Å²) in [6.45, 7) is 0. The van der Waals surface area contributed by atoms with Gasteiger partial charge in [0.2, 0.25) is 0 Å². The summed E-state index contributed by atoms with van der Waals surface area (Å²) in [4.78, 5) is 17.2. The van der Waals surface area contributed by atoms with Gasteiger partial charge in [-0.3, -0.25) is 9.20 Å². The van der Waals surface area contributed by atoms with Gasteiger partial charge < -0.3 is 5.32 Å². The fourth-order valence-electron chi connectivity index (χ4n) is 3.24. The molecule has 0 spiro atoms. The molecule has 152 valence electrons. The van der Waals surface area contributed by atoms with Gasteiger partial charge in [0.15, 0.2) is 11.7 Å². The van der Waals surface area contributed by atoms with Crippen molar-refractivity contribution in [3.05, 3.63) is 95.3 Å². The average molecular weight is 430 g/mol. The zero-order chi connectivity index (χ0) is 21.3. The van der Waals surface area contributed by atoms with Gasteiger partial charge in [0, 0.05) is 16.8 Å². The lowest BCUT2D eigenvalue weighted by molar-refractivity contribution is -0.155. The number of nitrogens with one attached hydrogen (secondary N) is 1. The monoisotopic (exact) mass is 429 g/mol. The third kappa shape index (κ3) is 3.89. The lowest BCUT2D eigenvalue weighted by Crippen LogP contribution is -2.38. The van der Waals surface area contributed by atoms with Gasteiger partial charge in [-0.1, -0.05) is 60.1 Å². The standard InChI is InChI=1S/C22H15ClF3N3O/c23-16-10-6-9-15(13-16)20-27-18(17-11-4-5-12-29(17)20)21(30)28-19(22(24,25)26)14-7-2-1-3-8-14/h1-13,19H,(H,28,30). The van der Waals surface area contributed by atoms with Crippen molar-refractivity contribution in [1.29, 1.82) is 0 Å². The van der Waals surface area contributed by atoms with E-state index in [0.717, 1.165) is 0 Å². The van der Waals surface area contributed by atoms with E-state index in [1.165, 1.54) is 24.3 Å². The minimum Gasteiger partial charge on any atom is -0.335 e. The Morgan fingerprint density at radius 3 is 2.43 bits per heavy atom. The number of benzene rings is 2. The zero-order valence-electron chi connectivity index (χ0n) is 15.4. The van der Waals surface area contributed by atoms with Crippen LogP contribution in [0.5, 0.6) is 0 Å². The number of halogens is 4. The van der Waals surface area contributed by atoms with Gasteiger partial charge in [0.1, 0.15) is 5.82 Å². The number of nitrogens with zero attached hydrogens (tertiary/aromatic N) is 2. The number of fused-ring (bicyclic) bond motifs is 1. The SMILES string of the molecule is O=C(NC(c1ccccc1)C(F)(F)F)c1nc(-c2cccc(Cl)c2)n2ccccc12. The lowest BCUT2D eigenvalue weighted by atomic mass is 10.1. The molecule has 1 unspecified atom stereocenters. The van der Waals surface area contributed by atoms with Gasteiger partial charge in [-0.05, 0) is 29.8 Å². The molecule has 0 saturated carbocycles. The highest BCUT2D eigenvalue weighted by atomic mass is 35.5. The summed E-state index contributed by atoms with van der Waals surface area (Å²) in [6.07, 6.45) is -2.98. The number of aromatic nitrogens is 2. The largest absolute Gasteiger partial charge is 0.412 e. The molecule has 8 heteroatoms.